The molecule has 2 aromatic rings. The molecule has 14 heteroatoms. The lowest BCUT2D eigenvalue weighted by atomic mass is 9.97. The first-order valence-electron chi connectivity index (χ1n) is 9.40. The standard InChI is InChI=1S/C18H24F3N5O5S/c1-9-10(7-26(14(22)28)23-15(29)30)32-13-11(9)12(27)25(8-17(2,3)4)16(31)24(13)6-5-18(19,20)21/h23H,5-8H2,1-4H3,(H2,22,28)(H,29,30). The zero-order valence-electron chi connectivity index (χ0n) is 17.9. The van der Waals surface area contributed by atoms with Crippen LogP contribution in [0.2, 0.25) is 0 Å². The fourth-order valence-electron chi connectivity index (χ4n) is 3.07. The lowest BCUT2D eigenvalue weighted by molar-refractivity contribution is -0.136. The molecule has 0 aromatic carbocycles. The molecule has 3 amide bonds. The van der Waals surface area contributed by atoms with Crippen LogP contribution in [0.25, 0.3) is 10.2 Å². The number of carbonyl (C=O) groups excluding carboxylic acids is 1. The minimum atomic E-state index is -4.53. The number of thiophene rings is 1. The van der Waals surface area contributed by atoms with Crippen LogP contribution in [0.4, 0.5) is 22.8 Å². The van der Waals surface area contributed by atoms with Gasteiger partial charge in [-0.2, -0.15) is 13.2 Å². The third kappa shape index (κ3) is 5.81. The third-order valence-electron chi connectivity index (χ3n) is 4.44. The molecule has 0 radical (unpaired) electrons. The Morgan fingerprint density at radius 1 is 1.19 bits per heavy atom. The molecule has 0 aliphatic carbocycles. The van der Waals surface area contributed by atoms with E-state index in [1.807, 2.05) is 5.43 Å². The zero-order valence-corrected chi connectivity index (χ0v) is 18.7. The number of amides is 3. The molecule has 32 heavy (non-hydrogen) atoms. The Morgan fingerprint density at radius 3 is 2.25 bits per heavy atom. The van der Waals surface area contributed by atoms with Crippen molar-refractivity contribution in [2.75, 3.05) is 0 Å². The number of urea groups is 1. The van der Waals surface area contributed by atoms with Gasteiger partial charge in [0.25, 0.3) is 5.56 Å². The van der Waals surface area contributed by atoms with Crippen molar-refractivity contribution in [2.24, 2.45) is 11.1 Å². The second-order valence-corrected chi connectivity index (χ2v) is 9.51. The number of primary amides is 1. The predicted octanol–water partition coefficient (Wildman–Crippen LogP) is 2.59. The Morgan fingerprint density at radius 2 is 1.78 bits per heavy atom. The molecule has 10 nitrogen and oxygen atoms in total. The van der Waals surface area contributed by atoms with Crippen molar-refractivity contribution in [2.45, 2.75) is 59.9 Å². The molecule has 0 aliphatic heterocycles. The van der Waals surface area contributed by atoms with Crippen LogP contribution in [0.1, 0.15) is 37.6 Å². The Bertz CT molecular complexity index is 1160. The first-order valence-corrected chi connectivity index (χ1v) is 10.2. The SMILES string of the molecule is Cc1c(CN(NC(=O)O)C(N)=O)sc2c1c(=O)n(CC(C)(C)C)c(=O)n2CCC(F)(F)F. The predicted molar refractivity (Wildman–Crippen MR) is 111 cm³/mol. The zero-order chi connectivity index (χ0) is 24.6. The summed E-state index contributed by atoms with van der Waals surface area (Å²) in [6.45, 7) is 5.74. The molecule has 0 spiro atoms. The average Bonchev–Trinajstić information content (AvgIpc) is 2.92. The van der Waals surface area contributed by atoms with Gasteiger partial charge < -0.3 is 10.8 Å². The van der Waals surface area contributed by atoms with Gasteiger partial charge in [0.2, 0.25) is 0 Å². The number of carboxylic acid groups (broad SMARTS) is 1. The fourth-order valence-corrected chi connectivity index (χ4v) is 4.38. The van der Waals surface area contributed by atoms with Gasteiger partial charge in [-0.15, -0.1) is 11.3 Å². The van der Waals surface area contributed by atoms with Crippen molar-refractivity contribution in [3.05, 3.63) is 31.3 Å². The maximum absolute atomic E-state index is 13.1. The number of fused-ring (bicyclic) bond motifs is 1. The van der Waals surface area contributed by atoms with Gasteiger partial charge in [0.1, 0.15) is 4.83 Å². The van der Waals surface area contributed by atoms with Crippen molar-refractivity contribution in [3.63, 3.8) is 0 Å². The molecule has 0 saturated heterocycles. The number of carbonyl (C=O) groups is 2. The lowest BCUT2D eigenvalue weighted by Crippen LogP contribution is -2.47. The van der Waals surface area contributed by atoms with E-state index in [2.05, 4.69) is 0 Å². The Labute approximate surface area is 184 Å². The molecule has 2 rings (SSSR count). The first-order chi connectivity index (χ1) is 14.5. The Balaban J connectivity index is 2.75. The number of hydrogen-bond donors (Lipinski definition) is 3. The maximum atomic E-state index is 13.1. The van der Waals surface area contributed by atoms with Crippen LogP contribution >= 0.6 is 11.3 Å². The van der Waals surface area contributed by atoms with E-state index in [0.29, 0.717) is 15.4 Å². The molecule has 0 unspecified atom stereocenters. The average molecular weight is 479 g/mol. The Hall–Kier alpha value is -3.03. The van der Waals surface area contributed by atoms with Gasteiger partial charge in [-0.05, 0) is 17.9 Å². The highest BCUT2D eigenvalue weighted by Crippen LogP contribution is 2.30. The highest BCUT2D eigenvalue weighted by Gasteiger charge is 2.29. The first kappa shape index (κ1) is 25.2. The molecular weight excluding hydrogens is 455 g/mol. The van der Waals surface area contributed by atoms with Crippen LogP contribution in [0.5, 0.6) is 0 Å². The summed E-state index contributed by atoms with van der Waals surface area (Å²) in [6, 6.07) is -1.12. The van der Waals surface area contributed by atoms with Crippen LogP contribution in [0.3, 0.4) is 0 Å². The molecule has 178 valence electrons. The number of nitrogens with two attached hydrogens (primary N) is 1. The molecule has 0 aliphatic rings. The van der Waals surface area contributed by atoms with E-state index in [1.54, 1.807) is 20.8 Å². The van der Waals surface area contributed by atoms with Gasteiger partial charge in [-0.25, -0.2) is 24.8 Å². The van der Waals surface area contributed by atoms with E-state index in [9.17, 15) is 32.3 Å². The van der Waals surface area contributed by atoms with Gasteiger partial charge in [0, 0.05) is 18.0 Å². The number of hydrazine groups is 1. The highest BCUT2D eigenvalue weighted by atomic mass is 32.1. The second kappa shape index (κ2) is 8.84. The van der Waals surface area contributed by atoms with Crippen LogP contribution in [0, 0.1) is 12.3 Å². The van der Waals surface area contributed by atoms with Crippen LogP contribution < -0.4 is 22.4 Å². The maximum Gasteiger partial charge on any atom is 0.423 e. The summed E-state index contributed by atoms with van der Waals surface area (Å²) >= 11 is 0.829. The Kier molecular flexibility index (Phi) is 6.97. The normalized spacial score (nSPS) is 12.2. The van der Waals surface area contributed by atoms with Gasteiger partial charge in [0.15, 0.2) is 0 Å². The third-order valence-corrected chi connectivity index (χ3v) is 5.74. The highest BCUT2D eigenvalue weighted by molar-refractivity contribution is 7.18. The summed E-state index contributed by atoms with van der Waals surface area (Å²) in [5.41, 5.74) is 5.24. The van der Waals surface area contributed by atoms with E-state index in [-0.39, 0.29) is 23.3 Å². The largest absolute Gasteiger partial charge is 0.464 e. The van der Waals surface area contributed by atoms with E-state index in [0.717, 1.165) is 20.5 Å². The summed E-state index contributed by atoms with van der Waals surface area (Å²) in [4.78, 5) is 48.9. The lowest BCUT2D eigenvalue weighted by Gasteiger charge is -2.20. The molecule has 0 atom stereocenters. The number of halogens is 3. The molecule has 4 N–H and O–H groups in total. The number of nitrogens with zero attached hydrogens (tertiary/aromatic N) is 3. The number of nitrogens with one attached hydrogen (secondary N) is 1. The second-order valence-electron chi connectivity index (χ2n) is 8.42. The molecule has 0 saturated carbocycles. The van der Waals surface area contributed by atoms with Gasteiger partial charge in [-0.1, -0.05) is 20.8 Å². The molecule has 2 aromatic heterocycles. The van der Waals surface area contributed by atoms with Crippen molar-refractivity contribution in [3.8, 4) is 0 Å². The van der Waals surface area contributed by atoms with Gasteiger partial charge >= 0.3 is 24.0 Å². The molecule has 2 heterocycles. The van der Waals surface area contributed by atoms with Gasteiger partial charge in [-0.3, -0.25) is 13.9 Å². The number of hydrogen-bond acceptors (Lipinski definition) is 5. The number of alkyl halides is 3. The van der Waals surface area contributed by atoms with Crippen LogP contribution in [-0.4, -0.2) is 37.6 Å². The van der Waals surface area contributed by atoms with E-state index in [1.165, 1.54) is 6.92 Å². The van der Waals surface area contributed by atoms with E-state index < -0.39 is 47.9 Å². The van der Waals surface area contributed by atoms with Crippen molar-refractivity contribution in [1.82, 2.24) is 19.6 Å². The molecule has 0 bridgehead atoms. The fraction of sp³-hybridized carbons (Fsp3) is 0.556. The summed E-state index contributed by atoms with van der Waals surface area (Å²) in [5, 5.41) is 9.49. The number of aryl methyl sites for hydroxylation is 2. The molecule has 0 fully saturated rings. The summed E-state index contributed by atoms with van der Waals surface area (Å²) in [5.74, 6) is 0. The minimum absolute atomic E-state index is 0.0154. The minimum Gasteiger partial charge on any atom is -0.464 e. The summed E-state index contributed by atoms with van der Waals surface area (Å²) in [7, 11) is 0. The topological polar surface area (TPSA) is 140 Å². The number of rotatable bonds is 5. The van der Waals surface area contributed by atoms with Crippen molar-refractivity contribution >= 4 is 33.7 Å². The van der Waals surface area contributed by atoms with Gasteiger partial charge in [0.05, 0.1) is 18.4 Å². The monoisotopic (exact) mass is 479 g/mol. The van der Waals surface area contributed by atoms with Crippen LogP contribution in [0.15, 0.2) is 9.59 Å². The summed E-state index contributed by atoms with van der Waals surface area (Å²) in [6.07, 6.45) is -7.37. The van der Waals surface area contributed by atoms with E-state index >= 15 is 0 Å². The van der Waals surface area contributed by atoms with E-state index in [4.69, 9.17) is 10.8 Å². The van der Waals surface area contributed by atoms with Crippen molar-refractivity contribution < 1.29 is 27.9 Å². The summed E-state index contributed by atoms with van der Waals surface area (Å²) < 4.78 is 40.5. The van der Waals surface area contributed by atoms with Crippen molar-refractivity contribution in [1.29, 1.82) is 0 Å². The van der Waals surface area contributed by atoms with Crippen LogP contribution in [-0.2, 0) is 19.6 Å². The molecular formula is C18H24F3N5O5S. The quantitative estimate of drug-likeness (QED) is 0.566. The number of aromatic nitrogens is 2. The smallest absolute Gasteiger partial charge is 0.423 e.